The first-order valence-corrected chi connectivity index (χ1v) is 4.93. The molecule has 1 fully saturated rings. The lowest BCUT2D eigenvalue weighted by atomic mass is 10.4. The molecule has 5 heteroatoms. The van der Waals surface area contributed by atoms with E-state index in [1.165, 1.54) is 0 Å². The van der Waals surface area contributed by atoms with E-state index in [0.717, 1.165) is 25.9 Å². The Morgan fingerprint density at radius 3 is 2.43 bits per heavy atom. The molecule has 0 radical (unpaired) electrons. The van der Waals surface area contributed by atoms with Crippen molar-refractivity contribution in [1.29, 1.82) is 0 Å². The molecule has 1 heterocycles. The third-order valence-corrected chi connectivity index (χ3v) is 2.30. The smallest absolute Gasteiger partial charge is 0.236 e. The fourth-order valence-corrected chi connectivity index (χ4v) is 1.45. The van der Waals surface area contributed by atoms with Gasteiger partial charge in [-0.3, -0.25) is 14.9 Å². The molecule has 0 unspecified atom stereocenters. The van der Waals surface area contributed by atoms with E-state index in [4.69, 9.17) is 0 Å². The maximum Gasteiger partial charge on any atom is 0.236 e. The maximum atomic E-state index is 11.4. The van der Waals surface area contributed by atoms with Gasteiger partial charge in [-0.05, 0) is 12.8 Å². The quantitative estimate of drug-likeness (QED) is 0.607. The van der Waals surface area contributed by atoms with E-state index in [1.54, 1.807) is 7.05 Å². The van der Waals surface area contributed by atoms with Crippen molar-refractivity contribution in [2.24, 2.45) is 0 Å². The Hall–Kier alpha value is -1.10. The number of hydrogen-bond donors (Lipinski definition) is 2. The molecule has 1 aliphatic rings. The summed E-state index contributed by atoms with van der Waals surface area (Å²) in [4.78, 5) is 24.1. The lowest BCUT2D eigenvalue weighted by molar-refractivity contribution is -0.129. The molecule has 1 rings (SSSR count). The normalized spacial score (nSPS) is 15.6. The lowest BCUT2D eigenvalue weighted by Crippen LogP contribution is -2.40. The molecule has 1 aliphatic heterocycles. The van der Waals surface area contributed by atoms with Crippen LogP contribution in [0.15, 0.2) is 0 Å². The summed E-state index contributed by atoms with van der Waals surface area (Å²) < 4.78 is 0. The molecule has 1 saturated heterocycles. The first kappa shape index (κ1) is 11.0. The first-order valence-electron chi connectivity index (χ1n) is 4.93. The van der Waals surface area contributed by atoms with E-state index in [2.05, 4.69) is 10.6 Å². The highest BCUT2D eigenvalue weighted by atomic mass is 16.2. The van der Waals surface area contributed by atoms with Gasteiger partial charge in [0.1, 0.15) is 0 Å². The van der Waals surface area contributed by atoms with Crippen LogP contribution < -0.4 is 10.6 Å². The van der Waals surface area contributed by atoms with E-state index >= 15 is 0 Å². The Labute approximate surface area is 83.8 Å². The second kappa shape index (κ2) is 5.59. The van der Waals surface area contributed by atoms with Gasteiger partial charge in [0.2, 0.25) is 11.8 Å². The van der Waals surface area contributed by atoms with Gasteiger partial charge in [0.05, 0.1) is 13.1 Å². The number of rotatable bonds is 4. The summed E-state index contributed by atoms with van der Waals surface area (Å²) in [5, 5.41) is 5.29. The van der Waals surface area contributed by atoms with Crippen molar-refractivity contribution in [2.45, 2.75) is 12.8 Å². The van der Waals surface area contributed by atoms with E-state index in [9.17, 15) is 9.59 Å². The fourth-order valence-electron chi connectivity index (χ4n) is 1.45. The number of amides is 2. The summed E-state index contributed by atoms with van der Waals surface area (Å²) >= 11 is 0. The highest BCUT2D eigenvalue weighted by Crippen LogP contribution is 2.06. The van der Waals surface area contributed by atoms with Gasteiger partial charge in [-0.15, -0.1) is 0 Å². The van der Waals surface area contributed by atoms with Crippen LogP contribution in [-0.4, -0.2) is 49.9 Å². The molecule has 0 spiro atoms. The second-order valence-corrected chi connectivity index (χ2v) is 3.36. The summed E-state index contributed by atoms with van der Waals surface area (Å²) in [6.45, 7) is 2.18. The highest BCUT2D eigenvalue weighted by molar-refractivity contribution is 5.81. The molecule has 0 aliphatic carbocycles. The summed E-state index contributed by atoms with van der Waals surface area (Å²) in [6, 6.07) is 0. The lowest BCUT2D eigenvalue weighted by Gasteiger charge is -2.15. The summed E-state index contributed by atoms with van der Waals surface area (Å²) in [5.74, 6) is -0.00868. The van der Waals surface area contributed by atoms with Crippen molar-refractivity contribution < 1.29 is 9.59 Å². The van der Waals surface area contributed by atoms with Crippen LogP contribution in [0.5, 0.6) is 0 Å². The molecule has 0 bridgehead atoms. The van der Waals surface area contributed by atoms with Crippen molar-refractivity contribution >= 4 is 11.8 Å². The zero-order valence-corrected chi connectivity index (χ0v) is 8.51. The maximum absolute atomic E-state index is 11.4. The number of carbonyl (C=O) groups excluding carboxylic acids is 2. The van der Waals surface area contributed by atoms with Gasteiger partial charge in [-0.2, -0.15) is 0 Å². The van der Waals surface area contributed by atoms with E-state index < -0.39 is 0 Å². The average molecular weight is 199 g/mol. The zero-order valence-electron chi connectivity index (χ0n) is 8.51. The minimum Gasteiger partial charge on any atom is -0.358 e. The SMILES string of the molecule is CNC(=O)CNCC(=O)N1CCCC1. The van der Waals surface area contributed by atoms with Gasteiger partial charge >= 0.3 is 0 Å². The topological polar surface area (TPSA) is 61.4 Å². The van der Waals surface area contributed by atoms with E-state index in [0.29, 0.717) is 0 Å². The number of nitrogens with one attached hydrogen (secondary N) is 2. The fraction of sp³-hybridized carbons (Fsp3) is 0.778. The molecule has 0 saturated carbocycles. The predicted molar refractivity (Wildman–Crippen MR) is 52.8 cm³/mol. The van der Waals surface area contributed by atoms with Crippen LogP contribution in [0.25, 0.3) is 0 Å². The van der Waals surface area contributed by atoms with Gasteiger partial charge in [0.15, 0.2) is 0 Å². The molecule has 5 nitrogen and oxygen atoms in total. The third-order valence-electron chi connectivity index (χ3n) is 2.30. The van der Waals surface area contributed by atoms with Gasteiger partial charge in [0, 0.05) is 20.1 Å². The molecule has 0 aromatic carbocycles. The number of nitrogens with zero attached hydrogens (tertiary/aromatic N) is 1. The Kier molecular flexibility index (Phi) is 4.39. The number of likely N-dealkylation sites (N-methyl/N-ethyl adjacent to an activating group) is 1. The summed E-state index contributed by atoms with van der Waals surface area (Å²) in [7, 11) is 1.58. The molecule has 2 amide bonds. The monoisotopic (exact) mass is 199 g/mol. The van der Waals surface area contributed by atoms with Gasteiger partial charge in [0.25, 0.3) is 0 Å². The van der Waals surface area contributed by atoms with Crippen LogP contribution >= 0.6 is 0 Å². The van der Waals surface area contributed by atoms with Crippen molar-refractivity contribution in [3.05, 3.63) is 0 Å². The van der Waals surface area contributed by atoms with Gasteiger partial charge < -0.3 is 10.2 Å². The Balaban J connectivity index is 2.11. The molecule has 0 aromatic rings. The molecule has 0 atom stereocenters. The summed E-state index contributed by atoms with van der Waals surface area (Å²) in [5.41, 5.74) is 0. The van der Waals surface area contributed by atoms with Crippen LogP contribution in [0, 0.1) is 0 Å². The highest BCUT2D eigenvalue weighted by Gasteiger charge is 2.16. The first-order chi connectivity index (χ1) is 6.74. The number of carbonyl (C=O) groups is 2. The van der Waals surface area contributed by atoms with Crippen LogP contribution in [0.1, 0.15) is 12.8 Å². The largest absolute Gasteiger partial charge is 0.358 e. The van der Waals surface area contributed by atoms with E-state index in [-0.39, 0.29) is 24.9 Å². The van der Waals surface area contributed by atoms with Crippen molar-refractivity contribution in [1.82, 2.24) is 15.5 Å². The van der Waals surface area contributed by atoms with Crippen molar-refractivity contribution in [3.8, 4) is 0 Å². The molecule has 14 heavy (non-hydrogen) atoms. The molecule has 0 aromatic heterocycles. The molecule has 2 N–H and O–H groups in total. The average Bonchev–Trinajstić information content (AvgIpc) is 2.70. The van der Waals surface area contributed by atoms with Gasteiger partial charge in [-0.25, -0.2) is 0 Å². The summed E-state index contributed by atoms with van der Waals surface area (Å²) in [6.07, 6.45) is 2.20. The second-order valence-electron chi connectivity index (χ2n) is 3.36. The van der Waals surface area contributed by atoms with Gasteiger partial charge in [-0.1, -0.05) is 0 Å². The van der Waals surface area contributed by atoms with E-state index in [1.807, 2.05) is 4.90 Å². The van der Waals surface area contributed by atoms with Crippen LogP contribution in [-0.2, 0) is 9.59 Å². The van der Waals surface area contributed by atoms with Crippen LogP contribution in [0.3, 0.4) is 0 Å². The van der Waals surface area contributed by atoms with Crippen LogP contribution in [0.2, 0.25) is 0 Å². The third kappa shape index (κ3) is 3.33. The minimum atomic E-state index is -0.0979. The zero-order chi connectivity index (χ0) is 10.4. The van der Waals surface area contributed by atoms with Crippen LogP contribution in [0.4, 0.5) is 0 Å². The molecular weight excluding hydrogens is 182 g/mol. The van der Waals surface area contributed by atoms with Crippen molar-refractivity contribution in [2.75, 3.05) is 33.2 Å². The Morgan fingerprint density at radius 2 is 1.86 bits per heavy atom. The number of hydrogen-bond acceptors (Lipinski definition) is 3. The molecule has 80 valence electrons. The Morgan fingerprint density at radius 1 is 1.21 bits per heavy atom. The minimum absolute atomic E-state index is 0.0893. The van der Waals surface area contributed by atoms with Crippen molar-refractivity contribution in [3.63, 3.8) is 0 Å². The number of likely N-dealkylation sites (tertiary alicyclic amines) is 1. The standard InChI is InChI=1S/C9H17N3O2/c1-10-8(13)6-11-7-9(14)12-4-2-3-5-12/h11H,2-7H2,1H3,(H,10,13). The molecular formula is C9H17N3O2. The predicted octanol–water partition coefficient (Wildman–Crippen LogP) is -1.06. The Bertz CT molecular complexity index is 212.